The van der Waals surface area contributed by atoms with Crippen molar-refractivity contribution in [2.75, 3.05) is 7.11 Å². The molecule has 0 atom stereocenters. The average molecular weight is 275 g/mol. The van der Waals surface area contributed by atoms with Gasteiger partial charge in [0.1, 0.15) is 0 Å². The summed E-state index contributed by atoms with van der Waals surface area (Å²) in [6.45, 7) is 0. The zero-order valence-corrected chi connectivity index (χ0v) is 11.0. The van der Waals surface area contributed by atoms with Crippen molar-refractivity contribution >= 4 is 23.4 Å². The Morgan fingerprint density at radius 2 is 1.68 bits per heavy atom. The number of esters is 1. The number of carbonyl (C=O) groups excluding carboxylic acids is 2. The van der Waals surface area contributed by atoms with Crippen LogP contribution in [0.4, 0.5) is 0 Å². The van der Waals surface area contributed by atoms with Gasteiger partial charge in [-0.15, -0.1) is 0 Å². The molecule has 19 heavy (non-hydrogen) atoms. The highest BCUT2D eigenvalue weighted by Crippen LogP contribution is 2.21. The third-order valence-corrected chi connectivity index (χ3v) is 2.98. The van der Waals surface area contributed by atoms with Gasteiger partial charge in [0.15, 0.2) is 5.78 Å². The predicted octanol–water partition coefficient (Wildman–Crippen LogP) is 3.36. The largest absolute Gasteiger partial charge is 0.465 e. The minimum absolute atomic E-state index is 0.179. The Balaban J connectivity index is 2.37. The monoisotopic (exact) mass is 274 g/mol. The first-order valence-corrected chi connectivity index (χ1v) is 5.99. The molecule has 0 N–H and O–H groups in total. The molecular formula is C15H11ClO3. The van der Waals surface area contributed by atoms with Crippen LogP contribution in [0.1, 0.15) is 26.3 Å². The molecule has 0 spiro atoms. The van der Waals surface area contributed by atoms with Crippen LogP contribution in [-0.4, -0.2) is 18.9 Å². The van der Waals surface area contributed by atoms with Crippen molar-refractivity contribution in [3.8, 4) is 0 Å². The number of methoxy groups -OCH3 is 1. The maximum absolute atomic E-state index is 12.2. The van der Waals surface area contributed by atoms with E-state index in [9.17, 15) is 9.59 Å². The van der Waals surface area contributed by atoms with Crippen LogP contribution < -0.4 is 0 Å². The number of carbonyl (C=O) groups is 2. The highest BCUT2D eigenvalue weighted by Gasteiger charge is 2.15. The Bertz CT molecular complexity index is 621. The van der Waals surface area contributed by atoms with E-state index in [0.717, 1.165) is 0 Å². The van der Waals surface area contributed by atoms with Crippen LogP contribution >= 0.6 is 11.6 Å². The van der Waals surface area contributed by atoms with Crippen molar-refractivity contribution in [1.82, 2.24) is 0 Å². The molecule has 2 aromatic carbocycles. The lowest BCUT2D eigenvalue weighted by molar-refractivity contribution is 0.0600. The van der Waals surface area contributed by atoms with E-state index >= 15 is 0 Å². The van der Waals surface area contributed by atoms with Crippen LogP contribution in [0.2, 0.25) is 5.02 Å². The number of hydrogen-bond acceptors (Lipinski definition) is 3. The van der Waals surface area contributed by atoms with E-state index in [4.69, 9.17) is 11.6 Å². The molecule has 0 aromatic heterocycles. The fourth-order valence-corrected chi connectivity index (χ4v) is 1.96. The molecule has 96 valence electrons. The van der Waals surface area contributed by atoms with Gasteiger partial charge in [-0.2, -0.15) is 0 Å². The average Bonchev–Trinajstić information content (AvgIpc) is 2.46. The smallest absolute Gasteiger partial charge is 0.337 e. The second kappa shape index (κ2) is 5.67. The summed E-state index contributed by atoms with van der Waals surface area (Å²) in [6, 6.07) is 13.3. The van der Waals surface area contributed by atoms with Gasteiger partial charge in [-0.25, -0.2) is 4.79 Å². The number of ether oxygens (including phenoxy) is 1. The summed E-state index contributed by atoms with van der Waals surface area (Å²) in [7, 11) is 1.29. The third-order valence-electron chi connectivity index (χ3n) is 2.67. The number of benzene rings is 2. The van der Waals surface area contributed by atoms with Crippen molar-refractivity contribution in [3.63, 3.8) is 0 Å². The molecule has 3 nitrogen and oxygen atoms in total. The Kier molecular flexibility index (Phi) is 3.97. The summed E-state index contributed by atoms with van der Waals surface area (Å²) >= 11 is 6.05. The first-order valence-electron chi connectivity index (χ1n) is 5.61. The van der Waals surface area contributed by atoms with E-state index in [1.807, 2.05) is 6.07 Å². The van der Waals surface area contributed by atoms with Gasteiger partial charge in [0, 0.05) is 11.1 Å². The molecule has 0 heterocycles. The van der Waals surface area contributed by atoms with Crippen LogP contribution in [0.15, 0.2) is 48.5 Å². The Hall–Kier alpha value is -2.13. The van der Waals surface area contributed by atoms with Gasteiger partial charge in [0.2, 0.25) is 0 Å². The number of ketones is 1. The van der Waals surface area contributed by atoms with E-state index in [2.05, 4.69) is 4.74 Å². The summed E-state index contributed by atoms with van der Waals surface area (Å²) < 4.78 is 4.59. The normalized spacial score (nSPS) is 10.0. The minimum Gasteiger partial charge on any atom is -0.465 e. The third kappa shape index (κ3) is 2.83. The van der Waals surface area contributed by atoms with Crippen LogP contribution in [0.3, 0.4) is 0 Å². The fraction of sp³-hybridized carbons (Fsp3) is 0.0667. The number of halogens is 1. The molecule has 2 rings (SSSR count). The molecule has 0 saturated heterocycles. The number of rotatable bonds is 3. The van der Waals surface area contributed by atoms with E-state index in [0.29, 0.717) is 16.7 Å². The van der Waals surface area contributed by atoms with Crippen LogP contribution in [0.25, 0.3) is 0 Å². The second-order valence-corrected chi connectivity index (χ2v) is 4.29. The van der Waals surface area contributed by atoms with E-state index in [1.54, 1.807) is 24.3 Å². The van der Waals surface area contributed by atoms with Crippen LogP contribution in [0, 0.1) is 0 Å². The lowest BCUT2D eigenvalue weighted by atomic mass is 10.0. The zero-order chi connectivity index (χ0) is 13.8. The molecule has 0 unspecified atom stereocenters. The molecule has 0 amide bonds. The Morgan fingerprint density at radius 3 is 2.26 bits per heavy atom. The molecule has 0 saturated carbocycles. The Labute approximate surface area is 115 Å². The van der Waals surface area contributed by atoms with Gasteiger partial charge in [0.05, 0.1) is 17.7 Å². The van der Waals surface area contributed by atoms with Gasteiger partial charge in [-0.1, -0.05) is 41.9 Å². The molecule has 0 aliphatic heterocycles. The van der Waals surface area contributed by atoms with Crippen molar-refractivity contribution in [2.45, 2.75) is 0 Å². The minimum atomic E-state index is -0.486. The fourth-order valence-electron chi connectivity index (χ4n) is 1.69. The van der Waals surface area contributed by atoms with Crippen molar-refractivity contribution in [1.29, 1.82) is 0 Å². The maximum atomic E-state index is 12.2. The molecule has 0 fully saturated rings. The topological polar surface area (TPSA) is 43.4 Å². The van der Waals surface area contributed by atoms with Crippen LogP contribution in [-0.2, 0) is 4.74 Å². The summed E-state index contributed by atoms with van der Waals surface area (Å²) in [5.41, 5.74) is 1.23. The van der Waals surface area contributed by atoms with Gasteiger partial charge >= 0.3 is 5.97 Å². The highest BCUT2D eigenvalue weighted by atomic mass is 35.5. The molecular weight excluding hydrogens is 264 g/mol. The van der Waals surface area contributed by atoms with E-state index < -0.39 is 5.97 Å². The summed E-state index contributed by atoms with van der Waals surface area (Å²) in [5.74, 6) is -0.664. The molecule has 0 bridgehead atoms. The molecule has 0 radical (unpaired) electrons. The van der Waals surface area contributed by atoms with Crippen LogP contribution in [0.5, 0.6) is 0 Å². The lowest BCUT2D eigenvalue weighted by Crippen LogP contribution is -2.05. The van der Waals surface area contributed by atoms with E-state index in [1.165, 1.54) is 25.3 Å². The standard InChI is InChI=1S/C15H11ClO3/c1-19-15(18)11-7-8-12(13(16)9-11)14(17)10-5-3-2-4-6-10/h2-9H,1H3. The van der Waals surface area contributed by atoms with Gasteiger partial charge in [0.25, 0.3) is 0 Å². The summed E-state index contributed by atoms with van der Waals surface area (Å²) in [4.78, 5) is 23.6. The first-order chi connectivity index (χ1) is 9.13. The van der Waals surface area contributed by atoms with Crippen molar-refractivity contribution in [2.24, 2.45) is 0 Å². The van der Waals surface area contributed by atoms with Gasteiger partial charge < -0.3 is 4.74 Å². The van der Waals surface area contributed by atoms with Crippen molar-refractivity contribution in [3.05, 3.63) is 70.2 Å². The summed E-state index contributed by atoms with van der Waals surface area (Å²) in [6.07, 6.45) is 0. The number of hydrogen-bond donors (Lipinski definition) is 0. The highest BCUT2D eigenvalue weighted by molar-refractivity contribution is 6.35. The Morgan fingerprint density at radius 1 is 1.00 bits per heavy atom. The van der Waals surface area contributed by atoms with Gasteiger partial charge in [-0.3, -0.25) is 4.79 Å². The first kappa shape index (κ1) is 13.3. The van der Waals surface area contributed by atoms with Gasteiger partial charge in [-0.05, 0) is 18.2 Å². The predicted molar refractivity (Wildman–Crippen MR) is 72.7 cm³/mol. The molecule has 0 aliphatic carbocycles. The lowest BCUT2D eigenvalue weighted by Gasteiger charge is -2.05. The quantitative estimate of drug-likeness (QED) is 0.637. The molecule has 4 heteroatoms. The maximum Gasteiger partial charge on any atom is 0.337 e. The zero-order valence-electron chi connectivity index (χ0n) is 10.2. The van der Waals surface area contributed by atoms with E-state index in [-0.39, 0.29) is 10.8 Å². The summed E-state index contributed by atoms with van der Waals surface area (Å²) in [5, 5.41) is 0.233. The molecule has 2 aromatic rings. The SMILES string of the molecule is COC(=O)c1ccc(C(=O)c2ccccc2)c(Cl)c1. The molecule has 0 aliphatic rings. The van der Waals surface area contributed by atoms with Crippen molar-refractivity contribution < 1.29 is 14.3 Å². The second-order valence-electron chi connectivity index (χ2n) is 3.88.